The minimum absolute atomic E-state index is 0.0985. The Balaban J connectivity index is 1.98. The van der Waals surface area contributed by atoms with Crippen molar-refractivity contribution in [1.29, 1.82) is 0 Å². The number of carbonyl (C=O) groups excluding carboxylic acids is 1. The molecule has 0 aliphatic heterocycles. The van der Waals surface area contributed by atoms with Crippen molar-refractivity contribution < 1.29 is 4.79 Å². The van der Waals surface area contributed by atoms with Crippen molar-refractivity contribution in [3.63, 3.8) is 0 Å². The van der Waals surface area contributed by atoms with Gasteiger partial charge in [0.15, 0.2) is 0 Å². The van der Waals surface area contributed by atoms with Crippen molar-refractivity contribution in [2.75, 3.05) is 0 Å². The minimum Gasteiger partial charge on any atom is -0.299 e. The maximum absolute atomic E-state index is 12.3. The van der Waals surface area contributed by atoms with Crippen LogP contribution in [0.15, 0.2) is 37.1 Å². The summed E-state index contributed by atoms with van der Waals surface area (Å²) in [5, 5.41) is 8.48. The third-order valence-electron chi connectivity index (χ3n) is 5.61. The molecule has 4 rings (SSSR count). The van der Waals surface area contributed by atoms with E-state index < -0.39 is 0 Å². The normalized spacial score (nSPS) is 27.2. The van der Waals surface area contributed by atoms with Crippen LogP contribution in [0.3, 0.4) is 0 Å². The predicted molar refractivity (Wildman–Crippen MR) is 88.4 cm³/mol. The van der Waals surface area contributed by atoms with Crippen LogP contribution in [0, 0.1) is 11.3 Å². The van der Waals surface area contributed by atoms with Crippen LogP contribution in [-0.2, 0) is 11.2 Å². The molecule has 2 atom stereocenters. The molecule has 1 N–H and O–H groups in total. The van der Waals surface area contributed by atoms with E-state index in [1.807, 2.05) is 6.20 Å². The van der Waals surface area contributed by atoms with Crippen LogP contribution in [0.25, 0.3) is 16.5 Å². The highest BCUT2D eigenvalue weighted by Gasteiger charge is 2.43. The summed E-state index contributed by atoms with van der Waals surface area (Å²) in [6, 6.07) is 4.29. The number of carbonyl (C=O) groups is 1. The van der Waals surface area contributed by atoms with E-state index in [2.05, 4.69) is 41.9 Å². The summed E-state index contributed by atoms with van der Waals surface area (Å²) in [4.78, 5) is 12.3. The monoisotopic (exact) mass is 292 g/mol. The molecular formula is C19H20N2O. The van der Waals surface area contributed by atoms with Gasteiger partial charge in [-0.15, -0.1) is 6.58 Å². The highest BCUT2D eigenvalue weighted by molar-refractivity contribution is 5.95. The number of nitrogens with one attached hydrogen (secondary N) is 1. The Morgan fingerprint density at radius 1 is 1.50 bits per heavy atom. The number of aromatic amines is 1. The third kappa shape index (κ3) is 1.68. The Hall–Kier alpha value is -2.16. The largest absolute Gasteiger partial charge is 0.299 e. The van der Waals surface area contributed by atoms with Gasteiger partial charge in [-0.25, -0.2) is 0 Å². The molecule has 112 valence electrons. The minimum atomic E-state index is -0.144. The second-order valence-electron chi connectivity index (χ2n) is 6.54. The maximum Gasteiger partial charge on any atom is 0.143 e. The van der Waals surface area contributed by atoms with E-state index >= 15 is 0 Å². The molecule has 0 spiro atoms. The van der Waals surface area contributed by atoms with Gasteiger partial charge in [0.1, 0.15) is 5.78 Å². The molecule has 0 saturated heterocycles. The maximum atomic E-state index is 12.3. The van der Waals surface area contributed by atoms with E-state index in [-0.39, 0.29) is 11.3 Å². The number of H-pyrrole nitrogens is 1. The fraction of sp³-hybridized carbons (Fsp3) is 0.368. The molecule has 0 fully saturated rings. The molecule has 1 aromatic heterocycles. The number of hydrogen-bond donors (Lipinski definition) is 1. The van der Waals surface area contributed by atoms with Gasteiger partial charge in [-0.1, -0.05) is 25.1 Å². The van der Waals surface area contributed by atoms with E-state index in [0.717, 1.165) is 24.8 Å². The van der Waals surface area contributed by atoms with Gasteiger partial charge in [0.25, 0.3) is 0 Å². The summed E-state index contributed by atoms with van der Waals surface area (Å²) >= 11 is 0. The number of nitrogens with zero attached hydrogens (tertiary/aromatic N) is 1. The van der Waals surface area contributed by atoms with Crippen LogP contribution in [0.2, 0.25) is 0 Å². The zero-order chi connectivity index (χ0) is 15.3. The van der Waals surface area contributed by atoms with E-state index in [4.69, 9.17) is 0 Å². The average molecular weight is 292 g/mol. The standard InChI is InChI=1S/C19H20N2O/c1-3-12-9-16-13-5-6-17-15(11-20-21-17)14(13)10-19(16,4-2)8-7-18(12)22/h3,5-6,9,11-12H,1,4,7-8,10H2,2H3,(H,20,21). The molecule has 1 heterocycles. The van der Waals surface area contributed by atoms with Gasteiger partial charge in [0, 0.05) is 11.8 Å². The van der Waals surface area contributed by atoms with E-state index in [0.29, 0.717) is 12.2 Å². The molecule has 2 unspecified atom stereocenters. The van der Waals surface area contributed by atoms with Crippen LogP contribution < -0.4 is 0 Å². The van der Waals surface area contributed by atoms with Gasteiger partial charge < -0.3 is 0 Å². The quantitative estimate of drug-likeness (QED) is 0.848. The summed E-state index contributed by atoms with van der Waals surface area (Å²) in [5.74, 6) is 0.157. The molecule has 0 amide bonds. The molecule has 3 heteroatoms. The van der Waals surface area contributed by atoms with Crippen molar-refractivity contribution >= 4 is 22.3 Å². The molecule has 0 saturated carbocycles. The molecule has 22 heavy (non-hydrogen) atoms. The fourth-order valence-corrected chi connectivity index (χ4v) is 4.22. The lowest BCUT2D eigenvalue weighted by atomic mass is 9.75. The Morgan fingerprint density at radius 3 is 3.14 bits per heavy atom. The smallest absolute Gasteiger partial charge is 0.143 e. The van der Waals surface area contributed by atoms with Crippen molar-refractivity contribution in [2.24, 2.45) is 11.3 Å². The molecule has 2 aromatic rings. The van der Waals surface area contributed by atoms with Crippen LogP contribution in [0.1, 0.15) is 37.3 Å². The van der Waals surface area contributed by atoms with Gasteiger partial charge in [0.2, 0.25) is 0 Å². The lowest BCUT2D eigenvalue weighted by Crippen LogP contribution is -2.19. The number of Topliss-reactive ketones (excluding diaryl/α,β-unsaturated/α-hetero) is 1. The first-order valence-electron chi connectivity index (χ1n) is 8.01. The van der Waals surface area contributed by atoms with Crippen LogP contribution in [-0.4, -0.2) is 16.0 Å². The van der Waals surface area contributed by atoms with Crippen LogP contribution in [0.5, 0.6) is 0 Å². The first-order chi connectivity index (χ1) is 10.7. The van der Waals surface area contributed by atoms with Gasteiger partial charge in [-0.3, -0.25) is 9.89 Å². The fourth-order valence-electron chi connectivity index (χ4n) is 4.22. The molecule has 2 aliphatic carbocycles. The summed E-state index contributed by atoms with van der Waals surface area (Å²) < 4.78 is 0. The van der Waals surface area contributed by atoms with Crippen molar-refractivity contribution in [3.8, 4) is 0 Å². The Bertz CT molecular complexity index is 814. The highest BCUT2D eigenvalue weighted by atomic mass is 16.1. The number of allylic oxidation sites excluding steroid dienone is 3. The van der Waals surface area contributed by atoms with E-state index in [1.165, 1.54) is 22.1 Å². The topological polar surface area (TPSA) is 45.8 Å². The summed E-state index contributed by atoms with van der Waals surface area (Å²) in [7, 11) is 0. The molecule has 2 aliphatic rings. The number of benzene rings is 1. The van der Waals surface area contributed by atoms with Gasteiger partial charge in [-0.2, -0.15) is 5.10 Å². The first kappa shape index (κ1) is 13.5. The molecule has 0 radical (unpaired) electrons. The Kier molecular flexibility index (Phi) is 2.86. The Morgan fingerprint density at radius 2 is 2.36 bits per heavy atom. The number of ketones is 1. The van der Waals surface area contributed by atoms with E-state index in [1.54, 1.807) is 6.08 Å². The van der Waals surface area contributed by atoms with Crippen LogP contribution >= 0.6 is 0 Å². The SMILES string of the molecule is C=CC1C=C2c3ccc4[nH]ncc4c3CC2(CC)CCC1=O. The van der Waals surface area contributed by atoms with E-state index in [9.17, 15) is 4.79 Å². The number of fused-ring (bicyclic) bond motifs is 5. The van der Waals surface area contributed by atoms with Crippen molar-refractivity contribution in [3.05, 3.63) is 48.2 Å². The lowest BCUT2D eigenvalue weighted by Gasteiger charge is -2.28. The van der Waals surface area contributed by atoms with Gasteiger partial charge in [-0.05, 0) is 47.4 Å². The second kappa shape index (κ2) is 4.67. The zero-order valence-corrected chi connectivity index (χ0v) is 12.9. The third-order valence-corrected chi connectivity index (χ3v) is 5.61. The second-order valence-corrected chi connectivity index (χ2v) is 6.54. The Labute approximate surface area is 130 Å². The first-order valence-corrected chi connectivity index (χ1v) is 8.01. The van der Waals surface area contributed by atoms with Crippen molar-refractivity contribution in [2.45, 2.75) is 32.6 Å². The van der Waals surface area contributed by atoms with Crippen LogP contribution in [0.4, 0.5) is 0 Å². The molecule has 1 aromatic carbocycles. The van der Waals surface area contributed by atoms with Gasteiger partial charge >= 0.3 is 0 Å². The number of hydrogen-bond acceptors (Lipinski definition) is 2. The summed E-state index contributed by atoms with van der Waals surface area (Å²) in [6.45, 7) is 6.10. The molecular weight excluding hydrogens is 272 g/mol. The zero-order valence-electron chi connectivity index (χ0n) is 12.9. The molecule has 0 bridgehead atoms. The number of rotatable bonds is 2. The average Bonchev–Trinajstić information content (AvgIpc) is 3.09. The predicted octanol–water partition coefficient (Wildman–Crippen LogP) is 4.06. The summed E-state index contributed by atoms with van der Waals surface area (Å²) in [6.07, 6.45) is 9.54. The molecule has 3 nitrogen and oxygen atoms in total. The van der Waals surface area contributed by atoms with Crippen molar-refractivity contribution in [1.82, 2.24) is 10.2 Å². The summed E-state index contributed by atoms with van der Waals surface area (Å²) in [5.41, 5.74) is 5.23. The lowest BCUT2D eigenvalue weighted by molar-refractivity contribution is -0.120. The van der Waals surface area contributed by atoms with Gasteiger partial charge in [0.05, 0.1) is 17.6 Å². The number of aromatic nitrogens is 2. The highest BCUT2D eigenvalue weighted by Crippen LogP contribution is 2.54.